The summed E-state index contributed by atoms with van der Waals surface area (Å²) in [4.78, 5) is 37.7. The first-order valence-electron chi connectivity index (χ1n) is 11.2. The molecule has 1 atom stereocenters. The van der Waals surface area contributed by atoms with Crippen molar-refractivity contribution in [3.63, 3.8) is 0 Å². The Hall–Kier alpha value is -3.20. The van der Waals surface area contributed by atoms with Crippen LogP contribution in [-0.2, 0) is 9.53 Å². The summed E-state index contributed by atoms with van der Waals surface area (Å²) < 4.78 is 5.38. The number of amides is 2. The van der Waals surface area contributed by atoms with Crippen LogP contribution in [0.4, 0.5) is 16.3 Å². The molecule has 0 saturated carbocycles. The Bertz CT molecular complexity index is 1040. The van der Waals surface area contributed by atoms with Crippen LogP contribution in [0, 0.1) is 6.92 Å². The van der Waals surface area contributed by atoms with Crippen molar-refractivity contribution in [3.8, 4) is 0 Å². The number of hydrogen-bond acceptors (Lipinski definition) is 7. The Kier molecular flexibility index (Phi) is 7.53. The number of likely N-dealkylation sites (N-methyl/N-ethyl adjacent to an activating group) is 1. The van der Waals surface area contributed by atoms with Crippen LogP contribution < -0.4 is 15.5 Å². The molecule has 3 rings (SSSR count). The summed E-state index contributed by atoms with van der Waals surface area (Å²) in [5.41, 5.74) is 0.908. The van der Waals surface area contributed by atoms with Gasteiger partial charge in [-0.05, 0) is 66.4 Å². The lowest BCUT2D eigenvalue weighted by Gasteiger charge is -2.22. The maximum absolute atomic E-state index is 12.2. The van der Waals surface area contributed by atoms with Gasteiger partial charge in [-0.1, -0.05) is 6.08 Å². The number of nitrogens with one attached hydrogen (secondary N) is 2. The molecule has 0 aliphatic carbocycles. The number of carbonyl (C=O) groups excluding carboxylic acids is 2. The third kappa shape index (κ3) is 7.15. The van der Waals surface area contributed by atoms with E-state index in [0.717, 1.165) is 29.7 Å². The molecule has 0 radical (unpaired) electrons. The lowest BCUT2D eigenvalue weighted by molar-refractivity contribution is -0.111. The number of carbonyl (C=O) groups is 2. The Labute approximate surface area is 195 Å². The number of aryl methyl sites for hydroxylation is 1. The van der Waals surface area contributed by atoms with E-state index in [9.17, 15) is 9.59 Å². The summed E-state index contributed by atoms with van der Waals surface area (Å²) in [5.74, 6) is 1.29. The van der Waals surface area contributed by atoms with Gasteiger partial charge < -0.3 is 25.2 Å². The van der Waals surface area contributed by atoms with E-state index in [0.29, 0.717) is 24.6 Å². The predicted molar refractivity (Wildman–Crippen MR) is 131 cm³/mol. The lowest BCUT2D eigenvalue weighted by atomic mass is 10.2. The summed E-state index contributed by atoms with van der Waals surface area (Å²) in [6.45, 7) is 9.49. The minimum absolute atomic E-state index is 0.0160. The third-order valence-corrected chi connectivity index (χ3v) is 5.00. The number of anilines is 2. The first-order valence-corrected chi connectivity index (χ1v) is 11.2. The molecule has 0 spiro atoms. The fourth-order valence-corrected chi connectivity index (χ4v) is 3.64. The standard InChI is InChI=1S/C24H34N6O3/c1-16-25-20-14-17(27-21(31)8-7-12-29(5)6)9-10-19(20)22(26-16)30-13-11-18(15-30)28-23(32)33-24(2,3)4/h7-10,14,18H,11-13,15H2,1-6H3,(H,27,31)(H,28,32)/b8-7+/t18-/m1/s1. The van der Waals surface area contributed by atoms with Crippen molar-refractivity contribution in [3.05, 3.63) is 36.2 Å². The van der Waals surface area contributed by atoms with Crippen molar-refractivity contribution in [1.29, 1.82) is 0 Å². The molecule has 1 aliphatic heterocycles. The molecule has 2 amide bonds. The summed E-state index contributed by atoms with van der Waals surface area (Å²) in [7, 11) is 3.89. The molecular formula is C24H34N6O3. The SMILES string of the molecule is Cc1nc(N2CC[C@@H](NC(=O)OC(C)(C)C)C2)c2ccc(NC(=O)/C=C/CN(C)C)cc2n1. The van der Waals surface area contributed by atoms with Crippen molar-refractivity contribution >= 4 is 34.4 Å². The van der Waals surface area contributed by atoms with E-state index in [1.165, 1.54) is 6.08 Å². The smallest absolute Gasteiger partial charge is 0.407 e. The van der Waals surface area contributed by atoms with Crippen molar-refractivity contribution < 1.29 is 14.3 Å². The Balaban J connectivity index is 1.72. The highest BCUT2D eigenvalue weighted by atomic mass is 16.6. The molecule has 1 saturated heterocycles. The number of rotatable bonds is 6. The monoisotopic (exact) mass is 454 g/mol. The zero-order valence-corrected chi connectivity index (χ0v) is 20.3. The maximum Gasteiger partial charge on any atom is 0.407 e. The number of ether oxygens (including phenoxy) is 1. The second-order valence-corrected chi connectivity index (χ2v) is 9.56. The number of aromatic nitrogens is 2. The number of nitrogens with zero attached hydrogens (tertiary/aromatic N) is 4. The molecule has 2 N–H and O–H groups in total. The maximum atomic E-state index is 12.2. The topological polar surface area (TPSA) is 99.7 Å². The number of alkyl carbamates (subject to hydrolysis) is 1. The molecule has 0 bridgehead atoms. The molecule has 1 aromatic heterocycles. The summed E-state index contributed by atoms with van der Waals surface area (Å²) in [6, 6.07) is 5.63. The highest BCUT2D eigenvalue weighted by Gasteiger charge is 2.28. The second kappa shape index (κ2) is 10.2. The molecule has 178 valence electrons. The van der Waals surface area contributed by atoms with Crippen molar-refractivity contribution in [2.75, 3.05) is 43.9 Å². The Morgan fingerprint density at radius 3 is 2.73 bits per heavy atom. The fourth-order valence-electron chi connectivity index (χ4n) is 3.64. The Morgan fingerprint density at radius 2 is 2.03 bits per heavy atom. The minimum atomic E-state index is -0.530. The van der Waals surface area contributed by atoms with Gasteiger partial charge in [-0.2, -0.15) is 0 Å². The third-order valence-electron chi connectivity index (χ3n) is 5.00. The van der Waals surface area contributed by atoms with Crippen LogP contribution in [0.3, 0.4) is 0 Å². The average molecular weight is 455 g/mol. The minimum Gasteiger partial charge on any atom is -0.444 e. The Morgan fingerprint density at radius 1 is 1.27 bits per heavy atom. The second-order valence-electron chi connectivity index (χ2n) is 9.56. The average Bonchev–Trinajstić information content (AvgIpc) is 3.13. The van der Waals surface area contributed by atoms with E-state index in [4.69, 9.17) is 4.74 Å². The van der Waals surface area contributed by atoms with Gasteiger partial charge in [0.1, 0.15) is 17.2 Å². The van der Waals surface area contributed by atoms with E-state index < -0.39 is 11.7 Å². The van der Waals surface area contributed by atoms with Gasteiger partial charge in [0.25, 0.3) is 0 Å². The van der Waals surface area contributed by atoms with Gasteiger partial charge >= 0.3 is 6.09 Å². The van der Waals surface area contributed by atoms with E-state index in [-0.39, 0.29) is 11.9 Å². The van der Waals surface area contributed by atoms with Gasteiger partial charge in [-0.25, -0.2) is 14.8 Å². The van der Waals surface area contributed by atoms with Gasteiger partial charge in [0.15, 0.2) is 0 Å². The van der Waals surface area contributed by atoms with Gasteiger partial charge in [-0.15, -0.1) is 0 Å². The molecule has 1 aromatic carbocycles. The number of fused-ring (bicyclic) bond motifs is 1. The van der Waals surface area contributed by atoms with Gasteiger partial charge in [-0.3, -0.25) is 4.79 Å². The zero-order valence-electron chi connectivity index (χ0n) is 20.3. The van der Waals surface area contributed by atoms with Crippen LogP contribution in [0.1, 0.15) is 33.0 Å². The van der Waals surface area contributed by atoms with Crippen molar-refractivity contribution in [2.24, 2.45) is 0 Å². The number of benzene rings is 1. The largest absolute Gasteiger partial charge is 0.444 e. The molecule has 1 aliphatic rings. The highest BCUT2D eigenvalue weighted by molar-refractivity contribution is 6.01. The molecule has 33 heavy (non-hydrogen) atoms. The van der Waals surface area contributed by atoms with Crippen LogP contribution in [0.25, 0.3) is 10.9 Å². The molecule has 9 heteroatoms. The van der Waals surface area contributed by atoms with E-state index in [2.05, 4.69) is 25.5 Å². The van der Waals surface area contributed by atoms with E-state index >= 15 is 0 Å². The molecule has 2 aromatic rings. The fraction of sp³-hybridized carbons (Fsp3) is 0.500. The molecule has 2 heterocycles. The van der Waals surface area contributed by atoms with E-state index in [1.54, 1.807) is 0 Å². The first kappa shape index (κ1) is 24.4. The van der Waals surface area contributed by atoms with Crippen LogP contribution in [-0.4, -0.2) is 72.2 Å². The van der Waals surface area contributed by atoms with Gasteiger partial charge in [0.2, 0.25) is 5.91 Å². The summed E-state index contributed by atoms with van der Waals surface area (Å²) >= 11 is 0. The lowest BCUT2D eigenvalue weighted by Crippen LogP contribution is -2.40. The molecule has 9 nitrogen and oxygen atoms in total. The molecular weight excluding hydrogens is 420 g/mol. The van der Waals surface area contributed by atoms with Gasteiger partial charge in [0, 0.05) is 36.8 Å². The summed E-state index contributed by atoms with van der Waals surface area (Å²) in [5, 5.41) is 6.74. The zero-order chi connectivity index (χ0) is 24.2. The van der Waals surface area contributed by atoms with Crippen molar-refractivity contribution in [2.45, 2.75) is 45.8 Å². The van der Waals surface area contributed by atoms with E-state index in [1.807, 2.05) is 71.0 Å². The molecule has 0 unspecified atom stereocenters. The van der Waals surface area contributed by atoms with Crippen LogP contribution in [0.5, 0.6) is 0 Å². The number of hydrogen-bond donors (Lipinski definition) is 2. The molecule has 1 fully saturated rings. The van der Waals surface area contributed by atoms with Crippen LogP contribution in [0.15, 0.2) is 30.4 Å². The highest BCUT2D eigenvalue weighted by Crippen LogP contribution is 2.29. The van der Waals surface area contributed by atoms with Gasteiger partial charge in [0.05, 0.1) is 11.6 Å². The summed E-state index contributed by atoms with van der Waals surface area (Å²) in [6.07, 6.45) is 3.74. The van der Waals surface area contributed by atoms with Crippen molar-refractivity contribution in [1.82, 2.24) is 20.2 Å². The predicted octanol–water partition coefficient (Wildman–Crippen LogP) is 3.10. The van der Waals surface area contributed by atoms with Crippen LogP contribution >= 0.6 is 0 Å². The normalized spacial score (nSPS) is 16.6. The van der Waals surface area contributed by atoms with Crippen LogP contribution in [0.2, 0.25) is 0 Å². The quantitative estimate of drug-likeness (QED) is 0.647. The first-order chi connectivity index (χ1) is 15.5.